The van der Waals surface area contributed by atoms with Gasteiger partial charge in [0.05, 0.1) is 16.5 Å². The van der Waals surface area contributed by atoms with Crippen LogP contribution in [0, 0.1) is 11.6 Å². The summed E-state index contributed by atoms with van der Waals surface area (Å²) >= 11 is 0. The second kappa shape index (κ2) is 6.26. The molecule has 4 rings (SSSR count). The summed E-state index contributed by atoms with van der Waals surface area (Å²) < 4.78 is 27.4. The molecule has 0 spiro atoms. The summed E-state index contributed by atoms with van der Waals surface area (Å²) in [6.45, 7) is 0. The number of halogens is 2. The molecular weight excluding hydrogens is 356 g/mol. The molecule has 2 aromatic carbocycles. The number of hydrogen-bond donors (Lipinski definition) is 0. The van der Waals surface area contributed by atoms with Crippen molar-refractivity contribution in [3.05, 3.63) is 70.8 Å². The molecule has 5 nitrogen and oxygen atoms in total. The van der Waals surface area contributed by atoms with Crippen molar-refractivity contribution in [3.8, 4) is 0 Å². The Morgan fingerprint density at radius 1 is 0.926 bits per heavy atom. The molecule has 1 aliphatic heterocycles. The predicted octanol–water partition coefficient (Wildman–Crippen LogP) is 3.53. The first-order valence-corrected chi connectivity index (χ1v) is 8.59. The molecule has 0 radical (unpaired) electrons. The van der Waals surface area contributed by atoms with Gasteiger partial charge in [0, 0.05) is 6.07 Å². The summed E-state index contributed by atoms with van der Waals surface area (Å²) in [5, 5.41) is 0.433. The summed E-state index contributed by atoms with van der Waals surface area (Å²) in [6.07, 6.45) is 1.96. The smallest absolute Gasteiger partial charge is 0.329 e. The van der Waals surface area contributed by atoms with Crippen LogP contribution in [-0.4, -0.2) is 22.8 Å². The Hall–Kier alpha value is -3.09. The lowest BCUT2D eigenvalue weighted by Gasteiger charge is -2.28. The summed E-state index contributed by atoms with van der Waals surface area (Å²) in [5.74, 6) is -3.93. The maximum atomic E-state index is 13.7. The van der Waals surface area contributed by atoms with Crippen molar-refractivity contribution >= 4 is 17.8 Å². The quantitative estimate of drug-likeness (QED) is 0.775. The molecule has 0 unspecified atom stereocenters. The average molecular weight is 371 g/mol. The molecule has 2 amide bonds. The summed E-state index contributed by atoms with van der Waals surface area (Å²) in [7, 11) is 0. The minimum atomic E-state index is -1.29. The van der Waals surface area contributed by atoms with Gasteiger partial charge in [0.25, 0.3) is 11.8 Å². The van der Waals surface area contributed by atoms with E-state index in [2.05, 4.69) is 0 Å². The number of fused-ring (bicyclic) bond motifs is 1. The number of amides is 2. The minimum absolute atomic E-state index is 0.146. The van der Waals surface area contributed by atoms with Gasteiger partial charge in [-0.2, -0.15) is 0 Å². The van der Waals surface area contributed by atoms with Gasteiger partial charge in [0.15, 0.2) is 0 Å². The number of nitrogens with zero attached hydrogens (tertiary/aromatic N) is 1. The fourth-order valence-corrected chi connectivity index (χ4v) is 3.84. The molecule has 1 fully saturated rings. The fourth-order valence-electron chi connectivity index (χ4n) is 3.84. The van der Waals surface area contributed by atoms with Crippen LogP contribution < -0.4 is 0 Å². The highest BCUT2D eigenvalue weighted by atomic mass is 19.1. The van der Waals surface area contributed by atoms with Gasteiger partial charge in [-0.05, 0) is 42.7 Å². The van der Waals surface area contributed by atoms with Gasteiger partial charge in [0.2, 0.25) is 0 Å². The van der Waals surface area contributed by atoms with Crippen LogP contribution in [0.15, 0.2) is 42.5 Å². The zero-order valence-electron chi connectivity index (χ0n) is 14.2. The monoisotopic (exact) mass is 371 g/mol. The van der Waals surface area contributed by atoms with E-state index < -0.39 is 34.8 Å². The van der Waals surface area contributed by atoms with Gasteiger partial charge in [-0.25, -0.2) is 13.6 Å². The van der Waals surface area contributed by atoms with Crippen molar-refractivity contribution < 1.29 is 28.0 Å². The van der Waals surface area contributed by atoms with Crippen LogP contribution in [0.4, 0.5) is 8.78 Å². The third-order valence-corrected chi connectivity index (χ3v) is 5.19. The van der Waals surface area contributed by atoms with Crippen LogP contribution in [0.1, 0.15) is 52.0 Å². The van der Waals surface area contributed by atoms with Gasteiger partial charge < -0.3 is 4.84 Å². The third-order valence-electron chi connectivity index (χ3n) is 5.19. The highest BCUT2D eigenvalue weighted by Gasteiger charge is 2.48. The van der Waals surface area contributed by atoms with Gasteiger partial charge in [-0.3, -0.25) is 9.59 Å². The van der Waals surface area contributed by atoms with E-state index in [0.29, 0.717) is 30.7 Å². The van der Waals surface area contributed by atoms with Crippen molar-refractivity contribution in [2.75, 3.05) is 0 Å². The molecule has 27 heavy (non-hydrogen) atoms. The van der Waals surface area contributed by atoms with Crippen LogP contribution in [0.5, 0.6) is 0 Å². The molecule has 7 heteroatoms. The van der Waals surface area contributed by atoms with Crippen LogP contribution >= 0.6 is 0 Å². The largest absolute Gasteiger partial charge is 0.343 e. The highest BCUT2D eigenvalue weighted by molar-refractivity contribution is 6.21. The Kier molecular flexibility index (Phi) is 4.02. The molecule has 2 aliphatic rings. The number of carbonyl (C=O) groups is 3. The number of carbonyl (C=O) groups excluding carboxylic acids is 3. The summed E-state index contributed by atoms with van der Waals surface area (Å²) in [5.41, 5.74) is -0.850. The van der Waals surface area contributed by atoms with Crippen molar-refractivity contribution in [1.29, 1.82) is 0 Å². The summed E-state index contributed by atoms with van der Waals surface area (Å²) in [4.78, 5) is 43.0. The van der Waals surface area contributed by atoms with E-state index in [9.17, 15) is 23.2 Å². The Balaban J connectivity index is 1.67. The number of hydroxylamine groups is 2. The number of hydrogen-bond acceptors (Lipinski definition) is 4. The zero-order chi connectivity index (χ0) is 19.2. The lowest BCUT2D eigenvalue weighted by Crippen LogP contribution is -2.42. The number of imide groups is 1. The molecular formula is C20H15F2NO4. The molecule has 1 aliphatic carbocycles. The van der Waals surface area contributed by atoms with Crippen molar-refractivity contribution in [3.63, 3.8) is 0 Å². The molecule has 0 aromatic heterocycles. The molecule has 2 aromatic rings. The summed E-state index contributed by atoms with van der Waals surface area (Å²) in [6, 6.07) is 9.05. The van der Waals surface area contributed by atoms with Crippen molar-refractivity contribution in [1.82, 2.24) is 5.06 Å². The Morgan fingerprint density at radius 3 is 1.96 bits per heavy atom. The van der Waals surface area contributed by atoms with E-state index in [-0.39, 0.29) is 16.7 Å². The fraction of sp³-hybridized carbons (Fsp3) is 0.250. The molecule has 0 bridgehead atoms. The second-order valence-electron chi connectivity index (χ2n) is 6.78. The van der Waals surface area contributed by atoms with Crippen molar-refractivity contribution in [2.45, 2.75) is 31.1 Å². The molecule has 0 saturated heterocycles. The third kappa shape index (κ3) is 2.70. The highest BCUT2D eigenvalue weighted by Crippen LogP contribution is 2.43. The van der Waals surface area contributed by atoms with Crippen LogP contribution in [-0.2, 0) is 15.0 Å². The van der Waals surface area contributed by atoms with E-state index >= 15 is 0 Å². The molecule has 1 saturated carbocycles. The molecule has 1 heterocycles. The lowest BCUT2D eigenvalue weighted by atomic mass is 9.79. The minimum Gasteiger partial charge on any atom is -0.329 e. The normalized spacial score (nSPS) is 17.9. The Bertz CT molecular complexity index is 911. The molecule has 0 N–H and O–H groups in total. The van der Waals surface area contributed by atoms with E-state index in [4.69, 9.17) is 4.84 Å². The van der Waals surface area contributed by atoms with Gasteiger partial charge in [-0.1, -0.05) is 30.0 Å². The van der Waals surface area contributed by atoms with Gasteiger partial charge in [0.1, 0.15) is 11.6 Å². The lowest BCUT2D eigenvalue weighted by molar-refractivity contribution is -0.175. The Morgan fingerprint density at radius 2 is 1.44 bits per heavy atom. The van der Waals surface area contributed by atoms with E-state index in [1.165, 1.54) is 12.1 Å². The SMILES string of the molecule is O=C1c2ccccc2C(=O)N1OC(=O)C1(c2cc(F)cc(F)c2)CCCC1. The first kappa shape index (κ1) is 17.3. The standard InChI is InChI=1S/C20H15F2NO4/c21-13-9-12(10-14(22)11-13)20(7-3-4-8-20)19(26)27-23-17(24)15-5-1-2-6-16(15)18(23)25/h1-2,5-6,9-11H,3-4,7-8H2. The number of rotatable bonds is 3. The van der Waals surface area contributed by atoms with Gasteiger partial charge in [-0.15, -0.1) is 0 Å². The first-order chi connectivity index (χ1) is 12.9. The molecule has 138 valence electrons. The van der Waals surface area contributed by atoms with E-state index in [1.54, 1.807) is 12.1 Å². The maximum Gasteiger partial charge on any atom is 0.343 e. The second-order valence-corrected chi connectivity index (χ2v) is 6.78. The topological polar surface area (TPSA) is 63.7 Å². The van der Waals surface area contributed by atoms with Crippen molar-refractivity contribution in [2.24, 2.45) is 0 Å². The van der Waals surface area contributed by atoms with Crippen LogP contribution in [0.2, 0.25) is 0 Å². The van der Waals surface area contributed by atoms with E-state index in [1.807, 2.05) is 0 Å². The van der Waals surface area contributed by atoms with Gasteiger partial charge >= 0.3 is 5.97 Å². The maximum absolute atomic E-state index is 13.7. The zero-order valence-corrected chi connectivity index (χ0v) is 14.2. The van der Waals surface area contributed by atoms with E-state index in [0.717, 1.165) is 18.2 Å². The predicted molar refractivity (Wildman–Crippen MR) is 89.5 cm³/mol. The van der Waals surface area contributed by atoms with Crippen LogP contribution in [0.3, 0.4) is 0 Å². The first-order valence-electron chi connectivity index (χ1n) is 8.59. The Labute approximate surface area is 153 Å². The average Bonchev–Trinajstić information content (AvgIpc) is 3.22. The molecule has 0 atom stereocenters. The number of benzene rings is 2. The van der Waals surface area contributed by atoms with Crippen LogP contribution in [0.25, 0.3) is 0 Å².